The van der Waals surface area contributed by atoms with Gasteiger partial charge < -0.3 is 16.4 Å². The van der Waals surface area contributed by atoms with Gasteiger partial charge in [0.05, 0.1) is 0 Å². The average molecular weight is 191 g/mol. The molecule has 14 heavy (non-hydrogen) atoms. The normalized spacial score (nSPS) is 24.1. The number of hydrogen-bond acceptors (Lipinski definition) is 2. The van der Waals surface area contributed by atoms with Crippen LogP contribution in [0.3, 0.4) is 0 Å². The highest BCUT2D eigenvalue weighted by Gasteiger charge is 2.34. The number of carbonyl (C=O) groups is 1. The molecule has 0 aliphatic heterocycles. The van der Waals surface area contributed by atoms with E-state index in [4.69, 9.17) is 5.73 Å². The summed E-state index contributed by atoms with van der Waals surface area (Å²) in [6.45, 7) is 0. The van der Waals surface area contributed by atoms with E-state index in [2.05, 4.69) is 10.6 Å². The maximum Gasteiger partial charge on any atom is 0.319 e. The zero-order valence-corrected chi connectivity index (χ0v) is 7.73. The van der Waals surface area contributed by atoms with Crippen LogP contribution in [0.4, 0.5) is 10.5 Å². The van der Waals surface area contributed by atoms with E-state index in [0.717, 1.165) is 12.1 Å². The third-order valence-corrected chi connectivity index (χ3v) is 2.19. The van der Waals surface area contributed by atoms with Crippen LogP contribution in [0.1, 0.15) is 6.42 Å². The number of carbonyl (C=O) groups excluding carboxylic acids is 1. The molecule has 0 bridgehead atoms. The first-order valence-corrected chi connectivity index (χ1v) is 4.64. The highest BCUT2D eigenvalue weighted by Crippen LogP contribution is 2.17. The van der Waals surface area contributed by atoms with Crippen LogP contribution in [-0.2, 0) is 0 Å². The smallest absolute Gasteiger partial charge is 0.319 e. The van der Waals surface area contributed by atoms with Gasteiger partial charge in [0.25, 0.3) is 0 Å². The van der Waals surface area contributed by atoms with Crippen LogP contribution < -0.4 is 16.4 Å². The molecular weight excluding hydrogens is 178 g/mol. The maximum atomic E-state index is 11.3. The Hall–Kier alpha value is -1.55. The number of nitrogens with two attached hydrogens (primary N) is 1. The van der Waals surface area contributed by atoms with Crippen molar-refractivity contribution in [2.24, 2.45) is 5.73 Å². The Bertz CT molecular complexity index is 325. The standard InChI is InChI=1S/C10H13N3O/c11-8-6-9(8)13-10(14)12-7-4-2-1-3-5-7/h1-5,8-9H,6,11H2,(H2,12,13,14). The molecule has 2 unspecified atom stereocenters. The first-order chi connectivity index (χ1) is 6.75. The highest BCUT2D eigenvalue weighted by molar-refractivity contribution is 5.89. The van der Waals surface area contributed by atoms with Crippen molar-refractivity contribution in [1.29, 1.82) is 0 Å². The maximum absolute atomic E-state index is 11.3. The second kappa shape index (κ2) is 3.67. The molecule has 0 aromatic heterocycles. The first kappa shape index (κ1) is 9.02. The second-order valence-electron chi connectivity index (χ2n) is 3.47. The van der Waals surface area contributed by atoms with E-state index in [1.54, 1.807) is 0 Å². The molecular formula is C10H13N3O. The van der Waals surface area contributed by atoms with E-state index in [1.807, 2.05) is 30.3 Å². The summed E-state index contributed by atoms with van der Waals surface area (Å²) >= 11 is 0. The van der Waals surface area contributed by atoms with E-state index in [1.165, 1.54) is 0 Å². The van der Waals surface area contributed by atoms with Crippen LogP contribution in [0.25, 0.3) is 0 Å². The third kappa shape index (κ3) is 2.23. The number of amides is 2. The Morgan fingerprint density at radius 1 is 1.36 bits per heavy atom. The van der Waals surface area contributed by atoms with Gasteiger partial charge in [-0.2, -0.15) is 0 Å². The molecule has 0 saturated heterocycles. The molecule has 1 aromatic carbocycles. The molecule has 1 saturated carbocycles. The SMILES string of the molecule is NC1CC1NC(=O)Nc1ccccc1. The second-order valence-corrected chi connectivity index (χ2v) is 3.47. The predicted molar refractivity (Wildman–Crippen MR) is 55.0 cm³/mol. The summed E-state index contributed by atoms with van der Waals surface area (Å²) in [5, 5.41) is 5.51. The third-order valence-electron chi connectivity index (χ3n) is 2.19. The number of para-hydroxylation sites is 1. The molecule has 74 valence electrons. The summed E-state index contributed by atoms with van der Waals surface area (Å²) in [7, 11) is 0. The topological polar surface area (TPSA) is 67.1 Å². The van der Waals surface area contributed by atoms with Crippen molar-refractivity contribution in [3.8, 4) is 0 Å². The van der Waals surface area contributed by atoms with Gasteiger partial charge in [-0.15, -0.1) is 0 Å². The molecule has 4 N–H and O–H groups in total. The zero-order valence-electron chi connectivity index (χ0n) is 7.73. The fraction of sp³-hybridized carbons (Fsp3) is 0.300. The minimum atomic E-state index is -0.186. The van der Waals surface area contributed by atoms with Crippen LogP contribution in [0.5, 0.6) is 0 Å². The van der Waals surface area contributed by atoms with Gasteiger partial charge >= 0.3 is 6.03 Å². The van der Waals surface area contributed by atoms with Crippen LogP contribution in [0, 0.1) is 0 Å². The molecule has 1 aliphatic carbocycles. The van der Waals surface area contributed by atoms with Crippen molar-refractivity contribution < 1.29 is 4.79 Å². The molecule has 1 aliphatic rings. The zero-order chi connectivity index (χ0) is 9.97. The van der Waals surface area contributed by atoms with E-state index < -0.39 is 0 Å². The molecule has 2 atom stereocenters. The number of rotatable bonds is 2. The van der Waals surface area contributed by atoms with E-state index in [0.29, 0.717) is 0 Å². The predicted octanol–water partition coefficient (Wildman–Crippen LogP) is 0.908. The largest absolute Gasteiger partial charge is 0.334 e. The van der Waals surface area contributed by atoms with E-state index >= 15 is 0 Å². The lowest BCUT2D eigenvalue weighted by molar-refractivity contribution is 0.251. The fourth-order valence-electron chi connectivity index (χ4n) is 1.24. The van der Waals surface area contributed by atoms with E-state index in [-0.39, 0.29) is 18.1 Å². The molecule has 1 aromatic rings. The Morgan fingerprint density at radius 2 is 2.00 bits per heavy atom. The number of anilines is 1. The Kier molecular flexibility index (Phi) is 2.37. The van der Waals surface area contributed by atoms with Gasteiger partial charge in [-0.25, -0.2) is 4.79 Å². The van der Waals surface area contributed by atoms with Crippen molar-refractivity contribution in [3.63, 3.8) is 0 Å². The van der Waals surface area contributed by atoms with Gasteiger partial charge in [0, 0.05) is 17.8 Å². The lowest BCUT2D eigenvalue weighted by atomic mass is 10.3. The number of hydrogen-bond donors (Lipinski definition) is 3. The molecule has 0 spiro atoms. The van der Waals surface area contributed by atoms with Crippen LogP contribution >= 0.6 is 0 Å². The van der Waals surface area contributed by atoms with Crippen LogP contribution in [-0.4, -0.2) is 18.1 Å². The van der Waals surface area contributed by atoms with Gasteiger partial charge in [0.15, 0.2) is 0 Å². The molecule has 2 rings (SSSR count). The Morgan fingerprint density at radius 3 is 2.57 bits per heavy atom. The molecule has 0 heterocycles. The molecule has 1 fully saturated rings. The van der Waals surface area contributed by atoms with Crippen LogP contribution in [0.15, 0.2) is 30.3 Å². The quantitative estimate of drug-likeness (QED) is 0.650. The average Bonchev–Trinajstić information content (AvgIpc) is 2.83. The van der Waals surface area contributed by atoms with Crippen molar-refractivity contribution in [3.05, 3.63) is 30.3 Å². The van der Waals surface area contributed by atoms with Gasteiger partial charge in [-0.05, 0) is 18.6 Å². The Labute approximate surface area is 82.5 Å². The summed E-state index contributed by atoms with van der Waals surface area (Å²) in [6.07, 6.45) is 0.877. The number of urea groups is 1. The highest BCUT2D eigenvalue weighted by atomic mass is 16.2. The minimum Gasteiger partial charge on any atom is -0.334 e. The van der Waals surface area contributed by atoms with Gasteiger partial charge in [-0.3, -0.25) is 0 Å². The summed E-state index contributed by atoms with van der Waals surface area (Å²) < 4.78 is 0. The van der Waals surface area contributed by atoms with Gasteiger partial charge in [0.1, 0.15) is 0 Å². The van der Waals surface area contributed by atoms with Gasteiger partial charge in [0.2, 0.25) is 0 Å². The lowest BCUT2D eigenvalue weighted by Gasteiger charge is -2.05. The van der Waals surface area contributed by atoms with E-state index in [9.17, 15) is 4.79 Å². The molecule has 4 nitrogen and oxygen atoms in total. The Balaban J connectivity index is 1.83. The monoisotopic (exact) mass is 191 g/mol. The van der Waals surface area contributed by atoms with Crippen molar-refractivity contribution in [2.75, 3.05) is 5.32 Å². The lowest BCUT2D eigenvalue weighted by Crippen LogP contribution is -2.33. The fourth-order valence-corrected chi connectivity index (χ4v) is 1.24. The summed E-state index contributed by atoms with van der Waals surface area (Å²) in [5.74, 6) is 0. The summed E-state index contributed by atoms with van der Waals surface area (Å²) in [4.78, 5) is 11.3. The van der Waals surface area contributed by atoms with Crippen molar-refractivity contribution >= 4 is 11.7 Å². The van der Waals surface area contributed by atoms with Crippen molar-refractivity contribution in [1.82, 2.24) is 5.32 Å². The molecule has 4 heteroatoms. The molecule has 2 amide bonds. The van der Waals surface area contributed by atoms with Crippen LogP contribution in [0.2, 0.25) is 0 Å². The minimum absolute atomic E-state index is 0.136. The number of benzene rings is 1. The van der Waals surface area contributed by atoms with Crippen molar-refractivity contribution in [2.45, 2.75) is 18.5 Å². The van der Waals surface area contributed by atoms with Gasteiger partial charge in [-0.1, -0.05) is 18.2 Å². The molecule has 0 radical (unpaired) electrons. The summed E-state index contributed by atoms with van der Waals surface area (Å²) in [5.41, 5.74) is 6.36. The first-order valence-electron chi connectivity index (χ1n) is 4.64. The summed E-state index contributed by atoms with van der Waals surface area (Å²) in [6, 6.07) is 9.43. The number of nitrogens with one attached hydrogen (secondary N) is 2.